The van der Waals surface area contributed by atoms with E-state index in [9.17, 15) is 4.79 Å². The lowest BCUT2D eigenvalue weighted by Crippen LogP contribution is -2.32. The zero-order chi connectivity index (χ0) is 10.1. The Bertz CT molecular complexity index is 142. The van der Waals surface area contributed by atoms with Gasteiger partial charge in [0.15, 0.2) is 0 Å². The highest BCUT2D eigenvalue weighted by molar-refractivity contribution is 7.99. The van der Waals surface area contributed by atoms with Crippen LogP contribution >= 0.6 is 24.4 Å². The van der Waals surface area contributed by atoms with Gasteiger partial charge in [-0.25, -0.2) is 0 Å². The van der Waals surface area contributed by atoms with Crippen molar-refractivity contribution < 1.29 is 4.79 Å². The second kappa shape index (κ2) is 8.75. The van der Waals surface area contributed by atoms with Crippen molar-refractivity contribution in [1.82, 2.24) is 5.32 Å². The van der Waals surface area contributed by atoms with Gasteiger partial charge in [-0.15, -0.1) is 0 Å². The van der Waals surface area contributed by atoms with Gasteiger partial charge in [0.05, 0.1) is 0 Å². The maximum absolute atomic E-state index is 11.1. The molecule has 0 aliphatic carbocycles. The van der Waals surface area contributed by atoms with E-state index < -0.39 is 0 Å². The second-order valence-electron chi connectivity index (χ2n) is 2.93. The van der Waals surface area contributed by atoms with Crippen LogP contribution in [0.25, 0.3) is 0 Å². The second-order valence-corrected chi connectivity index (χ2v) is 4.77. The van der Waals surface area contributed by atoms with Crippen LogP contribution in [0.2, 0.25) is 0 Å². The molecule has 0 bridgehead atoms. The summed E-state index contributed by atoms with van der Waals surface area (Å²) in [4.78, 5) is 11.1. The molecule has 0 fully saturated rings. The summed E-state index contributed by atoms with van der Waals surface area (Å²) in [6.07, 6.45) is 1.57. The van der Waals surface area contributed by atoms with Gasteiger partial charge < -0.3 is 5.32 Å². The van der Waals surface area contributed by atoms with E-state index in [-0.39, 0.29) is 5.91 Å². The van der Waals surface area contributed by atoms with Crippen LogP contribution in [0.1, 0.15) is 26.7 Å². The van der Waals surface area contributed by atoms with Crippen molar-refractivity contribution in [2.45, 2.75) is 32.7 Å². The lowest BCUT2D eigenvalue weighted by molar-refractivity contribution is -0.121. The summed E-state index contributed by atoms with van der Waals surface area (Å²) in [5.41, 5.74) is 0. The fourth-order valence-electron chi connectivity index (χ4n) is 0.925. The van der Waals surface area contributed by atoms with E-state index in [4.69, 9.17) is 0 Å². The number of rotatable bonds is 7. The largest absolute Gasteiger partial charge is 0.354 e. The summed E-state index contributed by atoms with van der Waals surface area (Å²) in [5.74, 6) is 3.02. The molecule has 1 N–H and O–H groups in total. The number of hydrogen-bond donors (Lipinski definition) is 2. The van der Waals surface area contributed by atoms with Crippen LogP contribution in [-0.4, -0.2) is 29.2 Å². The van der Waals surface area contributed by atoms with Crippen LogP contribution in [0.15, 0.2) is 0 Å². The molecular weight excluding hydrogens is 202 g/mol. The van der Waals surface area contributed by atoms with Crippen LogP contribution in [0.5, 0.6) is 0 Å². The number of carbonyl (C=O) groups excluding carboxylic acids is 1. The third-order valence-electron chi connectivity index (χ3n) is 1.65. The molecule has 4 heteroatoms. The molecule has 0 heterocycles. The van der Waals surface area contributed by atoms with E-state index in [1.165, 1.54) is 0 Å². The highest BCUT2D eigenvalue weighted by atomic mass is 32.2. The lowest BCUT2D eigenvalue weighted by Gasteiger charge is -2.12. The van der Waals surface area contributed by atoms with Crippen molar-refractivity contribution >= 4 is 30.3 Å². The van der Waals surface area contributed by atoms with Crippen LogP contribution in [0.4, 0.5) is 0 Å². The Morgan fingerprint density at radius 2 is 2.31 bits per heavy atom. The van der Waals surface area contributed by atoms with Gasteiger partial charge in [-0.3, -0.25) is 4.79 Å². The average molecular weight is 221 g/mol. The highest BCUT2D eigenvalue weighted by Gasteiger charge is 2.05. The van der Waals surface area contributed by atoms with Crippen molar-refractivity contribution in [3.8, 4) is 0 Å². The summed E-state index contributed by atoms with van der Waals surface area (Å²) in [6, 6.07) is 0.298. The maximum Gasteiger partial charge on any atom is 0.221 e. The molecule has 0 aromatic rings. The minimum atomic E-state index is 0.115. The van der Waals surface area contributed by atoms with E-state index in [1.54, 1.807) is 0 Å². The molecule has 0 saturated carbocycles. The van der Waals surface area contributed by atoms with Gasteiger partial charge in [-0.2, -0.15) is 24.4 Å². The SMILES string of the molecule is CCSCCC(C)NC(=O)CCS. The van der Waals surface area contributed by atoms with Crippen molar-refractivity contribution in [1.29, 1.82) is 0 Å². The molecule has 1 amide bonds. The van der Waals surface area contributed by atoms with Gasteiger partial charge in [-0.05, 0) is 30.6 Å². The first kappa shape index (κ1) is 13.2. The zero-order valence-electron chi connectivity index (χ0n) is 8.38. The average Bonchev–Trinajstić information content (AvgIpc) is 2.05. The number of carbonyl (C=O) groups is 1. The first-order chi connectivity index (χ1) is 6.20. The molecule has 78 valence electrons. The third kappa shape index (κ3) is 8.50. The fourth-order valence-corrected chi connectivity index (χ4v) is 1.94. The predicted octanol–water partition coefficient (Wildman–Crippen LogP) is 1.95. The minimum absolute atomic E-state index is 0.115. The fraction of sp³-hybridized carbons (Fsp3) is 0.889. The predicted molar refractivity (Wildman–Crippen MR) is 63.7 cm³/mol. The third-order valence-corrected chi connectivity index (χ3v) is 2.80. The number of nitrogens with one attached hydrogen (secondary N) is 1. The molecule has 1 atom stereocenters. The molecule has 2 nitrogen and oxygen atoms in total. The summed E-state index contributed by atoms with van der Waals surface area (Å²) < 4.78 is 0. The normalized spacial score (nSPS) is 12.5. The Balaban J connectivity index is 3.38. The maximum atomic E-state index is 11.1. The smallest absolute Gasteiger partial charge is 0.221 e. The van der Waals surface area contributed by atoms with Crippen molar-refractivity contribution in [2.24, 2.45) is 0 Å². The van der Waals surface area contributed by atoms with E-state index in [0.717, 1.165) is 17.9 Å². The van der Waals surface area contributed by atoms with Gasteiger partial charge in [-0.1, -0.05) is 6.92 Å². The van der Waals surface area contributed by atoms with Crippen LogP contribution in [-0.2, 0) is 4.79 Å². The number of thioether (sulfide) groups is 1. The molecule has 0 spiro atoms. The summed E-state index contributed by atoms with van der Waals surface area (Å²) in [6.45, 7) is 4.20. The minimum Gasteiger partial charge on any atom is -0.354 e. The summed E-state index contributed by atoms with van der Waals surface area (Å²) in [7, 11) is 0. The summed E-state index contributed by atoms with van der Waals surface area (Å²) in [5, 5.41) is 2.94. The Kier molecular flexibility index (Phi) is 8.87. The van der Waals surface area contributed by atoms with Gasteiger partial charge >= 0.3 is 0 Å². The van der Waals surface area contributed by atoms with E-state index in [2.05, 4.69) is 24.9 Å². The van der Waals surface area contributed by atoms with E-state index in [1.807, 2.05) is 18.7 Å². The molecule has 0 aliphatic rings. The molecule has 0 aromatic carbocycles. The van der Waals surface area contributed by atoms with Crippen LogP contribution in [0.3, 0.4) is 0 Å². The molecule has 13 heavy (non-hydrogen) atoms. The van der Waals surface area contributed by atoms with E-state index in [0.29, 0.717) is 18.2 Å². The van der Waals surface area contributed by atoms with Gasteiger partial charge in [0.25, 0.3) is 0 Å². The van der Waals surface area contributed by atoms with Crippen molar-refractivity contribution in [3.05, 3.63) is 0 Å². The Morgan fingerprint density at radius 3 is 2.85 bits per heavy atom. The molecule has 1 unspecified atom stereocenters. The Hall–Kier alpha value is 0.170. The quantitative estimate of drug-likeness (QED) is 0.508. The van der Waals surface area contributed by atoms with Crippen molar-refractivity contribution in [3.63, 3.8) is 0 Å². The Labute approximate surface area is 90.6 Å². The number of amides is 1. The standard InChI is InChI=1S/C9H19NOS2/c1-3-13-7-5-8(2)10-9(11)4-6-12/h8,12H,3-7H2,1-2H3,(H,10,11). The molecule has 0 saturated heterocycles. The zero-order valence-corrected chi connectivity index (χ0v) is 10.1. The van der Waals surface area contributed by atoms with Crippen LogP contribution in [0, 0.1) is 0 Å². The first-order valence-corrected chi connectivity index (χ1v) is 6.47. The lowest BCUT2D eigenvalue weighted by atomic mass is 10.2. The van der Waals surface area contributed by atoms with Gasteiger partial charge in [0.2, 0.25) is 5.91 Å². The Morgan fingerprint density at radius 1 is 1.62 bits per heavy atom. The van der Waals surface area contributed by atoms with E-state index >= 15 is 0 Å². The highest BCUT2D eigenvalue weighted by Crippen LogP contribution is 2.03. The van der Waals surface area contributed by atoms with Crippen LogP contribution < -0.4 is 5.32 Å². The monoisotopic (exact) mass is 221 g/mol. The molecule has 0 aromatic heterocycles. The topological polar surface area (TPSA) is 29.1 Å². The molecule has 0 rings (SSSR count). The van der Waals surface area contributed by atoms with Crippen molar-refractivity contribution in [2.75, 3.05) is 17.3 Å². The summed E-state index contributed by atoms with van der Waals surface area (Å²) >= 11 is 5.91. The van der Waals surface area contributed by atoms with Gasteiger partial charge in [0, 0.05) is 12.5 Å². The molecule has 0 radical (unpaired) electrons. The number of hydrogen-bond acceptors (Lipinski definition) is 3. The number of thiol groups is 1. The van der Waals surface area contributed by atoms with Gasteiger partial charge in [0.1, 0.15) is 0 Å². The molecule has 0 aliphatic heterocycles. The first-order valence-electron chi connectivity index (χ1n) is 4.68. The molecular formula is C9H19NOS2.